The molecule has 0 saturated carbocycles. The second-order valence-corrected chi connectivity index (χ2v) is 8.99. The van der Waals surface area contributed by atoms with Crippen LogP contribution in [0.25, 0.3) is 0 Å². The SMILES string of the molecule is CC(=O)NCCN(C(=O)C(C)SCc1ccccc1)C(C)C(=O)OC(C)(C)C. The maximum absolute atomic E-state index is 13.0. The van der Waals surface area contributed by atoms with E-state index >= 15 is 0 Å². The number of carbonyl (C=O) groups excluding carboxylic acids is 3. The van der Waals surface area contributed by atoms with Crippen LogP contribution in [0.4, 0.5) is 0 Å². The molecule has 2 atom stereocenters. The van der Waals surface area contributed by atoms with E-state index in [1.165, 1.54) is 23.6 Å². The van der Waals surface area contributed by atoms with Crippen molar-refractivity contribution < 1.29 is 19.1 Å². The summed E-state index contributed by atoms with van der Waals surface area (Å²) < 4.78 is 5.44. The predicted octanol–water partition coefficient (Wildman–Crippen LogP) is 3.00. The standard InChI is InChI=1S/C21H32N2O4S/c1-15(20(26)27-21(4,5)6)23(13-12-22-17(3)24)19(25)16(2)28-14-18-10-8-7-9-11-18/h7-11,15-16H,12-14H2,1-6H3,(H,22,24). The molecule has 0 aliphatic carbocycles. The molecule has 0 bridgehead atoms. The van der Waals surface area contributed by atoms with Crippen molar-refractivity contribution in [1.29, 1.82) is 0 Å². The molecule has 1 aromatic carbocycles. The zero-order valence-corrected chi connectivity index (χ0v) is 18.5. The van der Waals surface area contributed by atoms with E-state index in [0.29, 0.717) is 5.75 Å². The number of nitrogens with one attached hydrogen (secondary N) is 1. The van der Waals surface area contributed by atoms with E-state index in [1.807, 2.05) is 37.3 Å². The lowest BCUT2D eigenvalue weighted by molar-refractivity contribution is -0.163. The summed E-state index contributed by atoms with van der Waals surface area (Å²) >= 11 is 1.52. The topological polar surface area (TPSA) is 75.7 Å². The van der Waals surface area contributed by atoms with Crippen molar-refractivity contribution >= 4 is 29.5 Å². The minimum absolute atomic E-state index is 0.148. The first kappa shape index (κ1) is 24.0. The largest absolute Gasteiger partial charge is 0.458 e. The molecular weight excluding hydrogens is 376 g/mol. The van der Waals surface area contributed by atoms with Gasteiger partial charge in [0.05, 0.1) is 5.25 Å². The van der Waals surface area contributed by atoms with Crippen molar-refractivity contribution in [3.63, 3.8) is 0 Å². The van der Waals surface area contributed by atoms with E-state index < -0.39 is 17.6 Å². The van der Waals surface area contributed by atoms with Gasteiger partial charge in [-0.3, -0.25) is 9.59 Å². The van der Waals surface area contributed by atoms with Crippen molar-refractivity contribution in [3.8, 4) is 0 Å². The fraction of sp³-hybridized carbons (Fsp3) is 0.571. The molecule has 0 fully saturated rings. The Balaban J connectivity index is 2.81. The van der Waals surface area contributed by atoms with Gasteiger partial charge in [-0.2, -0.15) is 0 Å². The summed E-state index contributed by atoms with van der Waals surface area (Å²) in [7, 11) is 0. The van der Waals surface area contributed by atoms with Gasteiger partial charge in [0.25, 0.3) is 0 Å². The minimum atomic E-state index is -0.736. The van der Waals surface area contributed by atoms with Crippen LogP contribution in [0.5, 0.6) is 0 Å². The highest BCUT2D eigenvalue weighted by atomic mass is 32.2. The third-order valence-corrected chi connectivity index (χ3v) is 5.12. The monoisotopic (exact) mass is 408 g/mol. The molecule has 0 aromatic heterocycles. The van der Waals surface area contributed by atoms with Crippen molar-refractivity contribution in [2.24, 2.45) is 0 Å². The fourth-order valence-corrected chi connectivity index (χ4v) is 3.37. The number of rotatable bonds is 9. The summed E-state index contributed by atoms with van der Waals surface area (Å²) in [6.45, 7) is 10.8. The quantitative estimate of drug-likeness (QED) is 0.636. The molecule has 156 valence electrons. The van der Waals surface area contributed by atoms with Gasteiger partial charge in [0.2, 0.25) is 11.8 Å². The first-order chi connectivity index (χ1) is 13.0. The predicted molar refractivity (Wildman–Crippen MR) is 113 cm³/mol. The number of nitrogens with zero attached hydrogens (tertiary/aromatic N) is 1. The number of esters is 1. The van der Waals surface area contributed by atoms with Gasteiger partial charge in [-0.25, -0.2) is 4.79 Å². The van der Waals surface area contributed by atoms with Crippen LogP contribution in [-0.4, -0.2) is 52.7 Å². The van der Waals surface area contributed by atoms with Gasteiger partial charge >= 0.3 is 5.97 Å². The molecule has 0 aliphatic rings. The summed E-state index contributed by atoms with van der Waals surface area (Å²) in [5, 5.41) is 2.35. The van der Waals surface area contributed by atoms with Crippen LogP contribution < -0.4 is 5.32 Å². The lowest BCUT2D eigenvalue weighted by atomic mass is 10.2. The number of thioether (sulfide) groups is 1. The zero-order chi connectivity index (χ0) is 21.3. The average Bonchev–Trinajstić information content (AvgIpc) is 2.61. The van der Waals surface area contributed by atoms with Crippen molar-refractivity contribution in [2.45, 2.75) is 64.2 Å². The van der Waals surface area contributed by atoms with Crippen molar-refractivity contribution in [1.82, 2.24) is 10.2 Å². The Hall–Kier alpha value is -2.02. The van der Waals surface area contributed by atoms with Gasteiger partial charge in [-0.15, -0.1) is 11.8 Å². The Bertz CT molecular complexity index is 658. The number of ether oxygens (including phenoxy) is 1. The summed E-state index contributed by atoms with van der Waals surface area (Å²) in [5.41, 5.74) is 0.503. The Kier molecular flexibility index (Phi) is 9.52. The molecule has 0 saturated heterocycles. The third-order valence-electron chi connectivity index (χ3n) is 3.92. The summed E-state index contributed by atoms with van der Waals surface area (Å²) in [5.74, 6) is -0.0777. The Morgan fingerprint density at radius 2 is 1.75 bits per heavy atom. The number of carbonyl (C=O) groups is 3. The fourth-order valence-electron chi connectivity index (χ4n) is 2.46. The maximum atomic E-state index is 13.0. The van der Waals surface area contributed by atoms with Crippen molar-refractivity contribution in [3.05, 3.63) is 35.9 Å². The van der Waals surface area contributed by atoms with Gasteiger partial charge in [-0.05, 0) is 40.2 Å². The number of hydrogen-bond donors (Lipinski definition) is 1. The molecule has 2 amide bonds. The van der Waals surface area contributed by atoms with E-state index in [2.05, 4.69) is 5.32 Å². The van der Waals surface area contributed by atoms with E-state index in [-0.39, 0.29) is 30.2 Å². The van der Waals surface area contributed by atoms with Crippen LogP contribution in [0.1, 0.15) is 47.1 Å². The van der Waals surface area contributed by atoms with Gasteiger partial charge in [0.1, 0.15) is 11.6 Å². The highest BCUT2D eigenvalue weighted by molar-refractivity contribution is 7.99. The van der Waals surface area contributed by atoms with Crippen LogP contribution in [0, 0.1) is 0 Å². The molecule has 0 radical (unpaired) electrons. The molecule has 2 unspecified atom stereocenters. The van der Waals surface area contributed by atoms with Gasteiger partial charge in [0, 0.05) is 25.8 Å². The first-order valence-electron chi connectivity index (χ1n) is 9.44. The molecule has 0 spiro atoms. The number of benzene rings is 1. The molecule has 7 heteroatoms. The van der Waals surface area contributed by atoms with Crippen molar-refractivity contribution in [2.75, 3.05) is 13.1 Å². The number of hydrogen-bond acceptors (Lipinski definition) is 5. The highest BCUT2D eigenvalue weighted by Crippen LogP contribution is 2.21. The Morgan fingerprint density at radius 3 is 2.29 bits per heavy atom. The molecule has 0 aliphatic heterocycles. The molecule has 1 rings (SSSR count). The average molecular weight is 409 g/mol. The summed E-state index contributed by atoms with van der Waals surface area (Å²) in [4.78, 5) is 38.2. The summed E-state index contributed by atoms with van der Waals surface area (Å²) in [6, 6.07) is 9.18. The highest BCUT2D eigenvalue weighted by Gasteiger charge is 2.32. The molecular formula is C21H32N2O4S. The molecule has 28 heavy (non-hydrogen) atoms. The van der Waals surface area contributed by atoms with Crippen LogP contribution in [0.15, 0.2) is 30.3 Å². The lowest BCUT2D eigenvalue weighted by Gasteiger charge is -2.32. The van der Waals surface area contributed by atoms with Crippen LogP contribution in [-0.2, 0) is 24.9 Å². The van der Waals surface area contributed by atoms with Gasteiger partial charge < -0.3 is 15.0 Å². The third kappa shape index (κ3) is 8.78. The van der Waals surface area contributed by atoms with Crippen LogP contribution in [0.2, 0.25) is 0 Å². The molecule has 6 nitrogen and oxygen atoms in total. The smallest absolute Gasteiger partial charge is 0.329 e. The maximum Gasteiger partial charge on any atom is 0.329 e. The van der Waals surface area contributed by atoms with Gasteiger partial charge in [-0.1, -0.05) is 30.3 Å². The molecule has 1 aromatic rings. The second kappa shape index (κ2) is 11.1. The van der Waals surface area contributed by atoms with E-state index in [0.717, 1.165) is 5.56 Å². The molecule has 0 heterocycles. The summed E-state index contributed by atoms with van der Waals surface area (Å²) in [6.07, 6.45) is 0. The van der Waals surface area contributed by atoms with Crippen LogP contribution in [0.3, 0.4) is 0 Å². The van der Waals surface area contributed by atoms with E-state index in [9.17, 15) is 14.4 Å². The second-order valence-electron chi connectivity index (χ2n) is 7.66. The normalized spacial score (nSPS) is 13.4. The zero-order valence-electron chi connectivity index (χ0n) is 17.7. The van der Waals surface area contributed by atoms with Gasteiger partial charge in [0.15, 0.2) is 0 Å². The van der Waals surface area contributed by atoms with Crippen LogP contribution >= 0.6 is 11.8 Å². The first-order valence-corrected chi connectivity index (χ1v) is 10.5. The Morgan fingerprint density at radius 1 is 1.14 bits per heavy atom. The Labute approximate surface area is 172 Å². The molecule has 1 N–H and O–H groups in total. The number of amides is 2. The lowest BCUT2D eigenvalue weighted by Crippen LogP contribution is -2.50. The van der Waals surface area contributed by atoms with E-state index in [4.69, 9.17) is 4.74 Å². The van der Waals surface area contributed by atoms with E-state index in [1.54, 1.807) is 27.7 Å². The minimum Gasteiger partial charge on any atom is -0.458 e.